The molecule has 0 aromatic heterocycles. The van der Waals surface area contributed by atoms with E-state index in [1.54, 1.807) is 13.0 Å². The average molecular weight is 222 g/mol. The van der Waals surface area contributed by atoms with Crippen LogP contribution in [-0.2, 0) is 6.54 Å². The normalized spacial score (nSPS) is 10.4. The Kier molecular flexibility index (Phi) is 4.92. The quantitative estimate of drug-likeness (QED) is 0.457. The molecule has 0 spiro atoms. The number of nitro groups is 1. The monoisotopic (exact) mass is 222 g/mol. The number of nitrogens with zero attached hydrogens (tertiary/aromatic N) is 1. The Hall–Kier alpha value is -1.42. The molecule has 0 saturated carbocycles. The van der Waals surface area contributed by atoms with Crippen molar-refractivity contribution in [2.75, 3.05) is 6.54 Å². The molecule has 1 aromatic rings. The molecule has 0 bridgehead atoms. The number of unbranched alkanes of at least 4 members (excludes halogenated alkanes) is 1. The molecule has 0 atom stereocenters. The molecule has 0 radical (unpaired) electrons. The standard InChI is InChI=1S/C12H18N2O2/c1-3-4-7-13-9-11-5-6-12(14(15)16)10(2)8-11/h5-6,8,13H,3-4,7,9H2,1-2H3. The zero-order valence-corrected chi connectivity index (χ0v) is 9.82. The summed E-state index contributed by atoms with van der Waals surface area (Å²) in [7, 11) is 0. The van der Waals surface area contributed by atoms with Crippen molar-refractivity contribution in [2.24, 2.45) is 0 Å². The molecule has 0 heterocycles. The highest BCUT2D eigenvalue weighted by Crippen LogP contribution is 2.18. The average Bonchev–Trinajstić information content (AvgIpc) is 2.24. The van der Waals surface area contributed by atoms with Gasteiger partial charge in [0, 0.05) is 18.2 Å². The fraction of sp³-hybridized carbons (Fsp3) is 0.500. The van der Waals surface area contributed by atoms with E-state index in [9.17, 15) is 10.1 Å². The van der Waals surface area contributed by atoms with Crippen LogP contribution in [0.3, 0.4) is 0 Å². The van der Waals surface area contributed by atoms with Crippen LogP contribution in [0.25, 0.3) is 0 Å². The fourth-order valence-corrected chi connectivity index (χ4v) is 1.57. The number of hydrogen-bond acceptors (Lipinski definition) is 3. The Morgan fingerprint density at radius 2 is 2.19 bits per heavy atom. The Morgan fingerprint density at radius 1 is 1.44 bits per heavy atom. The molecular formula is C12H18N2O2. The molecule has 0 aliphatic heterocycles. The van der Waals surface area contributed by atoms with Gasteiger partial charge in [0.2, 0.25) is 0 Å². The van der Waals surface area contributed by atoms with Crippen molar-refractivity contribution >= 4 is 5.69 Å². The highest BCUT2D eigenvalue weighted by molar-refractivity contribution is 5.41. The number of aryl methyl sites for hydroxylation is 1. The molecule has 4 nitrogen and oxygen atoms in total. The van der Waals surface area contributed by atoms with Crippen LogP contribution in [-0.4, -0.2) is 11.5 Å². The van der Waals surface area contributed by atoms with Crippen LogP contribution in [0, 0.1) is 17.0 Å². The summed E-state index contributed by atoms with van der Waals surface area (Å²) in [4.78, 5) is 10.3. The highest BCUT2D eigenvalue weighted by Gasteiger charge is 2.09. The summed E-state index contributed by atoms with van der Waals surface area (Å²) in [6.45, 7) is 5.69. The van der Waals surface area contributed by atoms with Gasteiger partial charge in [-0.15, -0.1) is 0 Å². The molecule has 0 fully saturated rings. The molecular weight excluding hydrogens is 204 g/mol. The molecule has 0 aliphatic carbocycles. The minimum atomic E-state index is -0.344. The van der Waals surface area contributed by atoms with Gasteiger partial charge in [0.15, 0.2) is 0 Å². The number of nitrogens with one attached hydrogen (secondary N) is 1. The van der Waals surface area contributed by atoms with Crippen LogP contribution in [0.1, 0.15) is 30.9 Å². The Bertz CT molecular complexity index is 364. The SMILES string of the molecule is CCCCNCc1ccc([N+](=O)[O-])c(C)c1. The topological polar surface area (TPSA) is 55.2 Å². The van der Waals surface area contributed by atoms with Gasteiger partial charge in [-0.25, -0.2) is 0 Å². The maximum absolute atomic E-state index is 10.6. The molecule has 1 aromatic carbocycles. The lowest BCUT2D eigenvalue weighted by Gasteiger charge is -2.05. The van der Waals surface area contributed by atoms with E-state index in [-0.39, 0.29) is 10.6 Å². The van der Waals surface area contributed by atoms with Crippen molar-refractivity contribution in [2.45, 2.75) is 33.2 Å². The lowest BCUT2D eigenvalue weighted by atomic mass is 10.1. The Labute approximate surface area is 95.8 Å². The van der Waals surface area contributed by atoms with E-state index in [0.29, 0.717) is 0 Å². The van der Waals surface area contributed by atoms with Crippen molar-refractivity contribution < 1.29 is 4.92 Å². The predicted octanol–water partition coefficient (Wildman–Crippen LogP) is 2.79. The minimum Gasteiger partial charge on any atom is -0.313 e. The molecule has 88 valence electrons. The van der Waals surface area contributed by atoms with E-state index in [2.05, 4.69) is 12.2 Å². The van der Waals surface area contributed by atoms with Gasteiger partial charge in [0.25, 0.3) is 5.69 Å². The molecule has 1 rings (SSSR count). The zero-order chi connectivity index (χ0) is 12.0. The lowest BCUT2D eigenvalue weighted by molar-refractivity contribution is -0.385. The molecule has 0 saturated heterocycles. The smallest absolute Gasteiger partial charge is 0.272 e. The Balaban J connectivity index is 2.56. The van der Waals surface area contributed by atoms with Gasteiger partial charge in [0.1, 0.15) is 0 Å². The number of rotatable bonds is 6. The van der Waals surface area contributed by atoms with Gasteiger partial charge >= 0.3 is 0 Å². The van der Waals surface area contributed by atoms with Gasteiger partial charge in [-0.05, 0) is 31.5 Å². The van der Waals surface area contributed by atoms with Gasteiger partial charge in [-0.2, -0.15) is 0 Å². The third-order valence-electron chi connectivity index (χ3n) is 2.49. The molecule has 4 heteroatoms. The van der Waals surface area contributed by atoms with Crippen LogP contribution in [0.15, 0.2) is 18.2 Å². The third kappa shape index (κ3) is 3.62. The zero-order valence-electron chi connectivity index (χ0n) is 9.82. The number of nitro benzene ring substituents is 1. The highest BCUT2D eigenvalue weighted by atomic mass is 16.6. The number of benzene rings is 1. The molecule has 1 N–H and O–H groups in total. The van der Waals surface area contributed by atoms with Crippen LogP contribution < -0.4 is 5.32 Å². The second-order valence-electron chi connectivity index (χ2n) is 3.91. The third-order valence-corrected chi connectivity index (χ3v) is 2.49. The van der Waals surface area contributed by atoms with Crippen molar-refractivity contribution in [3.63, 3.8) is 0 Å². The predicted molar refractivity (Wildman–Crippen MR) is 64.4 cm³/mol. The van der Waals surface area contributed by atoms with Crippen molar-refractivity contribution in [1.82, 2.24) is 5.32 Å². The second-order valence-corrected chi connectivity index (χ2v) is 3.91. The van der Waals surface area contributed by atoms with Crippen LogP contribution in [0.5, 0.6) is 0 Å². The summed E-state index contributed by atoms with van der Waals surface area (Å²) in [6.07, 6.45) is 2.33. The molecule has 0 unspecified atom stereocenters. The molecule has 0 aliphatic rings. The fourth-order valence-electron chi connectivity index (χ4n) is 1.57. The van der Waals surface area contributed by atoms with E-state index in [0.717, 1.165) is 30.6 Å². The van der Waals surface area contributed by atoms with E-state index in [4.69, 9.17) is 0 Å². The maximum Gasteiger partial charge on any atom is 0.272 e. The molecule has 16 heavy (non-hydrogen) atoms. The second kappa shape index (κ2) is 6.23. The van der Waals surface area contributed by atoms with Crippen molar-refractivity contribution in [3.8, 4) is 0 Å². The first kappa shape index (κ1) is 12.6. The summed E-state index contributed by atoms with van der Waals surface area (Å²) >= 11 is 0. The van der Waals surface area contributed by atoms with E-state index in [1.807, 2.05) is 12.1 Å². The van der Waals surface area contributed by atoms with Crippen LogP contribution >= 0.6 is 0 Å². The summed E-state index contributed by atoms with van der Waals surface area (Å²) < 4.78 is 0. The first-order chi connectivity index (χ1) is 7.65. The van der Waals surface area contributed by atoms with Crippen LogP contribution in [0.2, 0.25) is 0 Å². The van der Waals surface area contributed by atoms with E-state index < -0.39 is 0 Å². The van der Waals surface area contributed by atoms with E-state index >= 15 is 0 Å². The van der Waals surface area contributed by atoms with E-state index in [1.165, 1.54) is 6.42 Å². The van der Waals surface area contributed by atoms with Gasteiger partial charge < -0.3 is 5.32 Å². The van der Waals surface area contributed by atoms with Gasteiger partial charge in [0.05, 0.1) is 4.92 Å². The van der Waals surface area contributed by atoms with Crippen molar-refractivity contribution in [3.05, 3.63) is 39.4 Å². The first-order valence-corrected chi connectivity index (χ1v) is 5.59. The van der Waals surface area contributed by atoms with Crippen LogP contribution in [0.4, 0.5) is 5.69 Å². The van der Waals surface area contributed by atoms with Gasteiger partial charge in [-0.1, -0.05) is 19.4 Å². The minimum absolute atomic E-state index is 0.192. The summed E-state index contributed by atoms with van der Waals surface area (Å²) in [6, 6.07) is 5.26. The lowest BCUT2D eigenvalue weighted by Crippen LogP contribution is -2.14. The first-order valence-electron chi connectivity index (χ1n) is 5.59. The number of hydrogen-bond donors (Lipinski definition) is 1. The Morgan fingerprint density at radius 3 is 2.75 bits per heavy atom. The maximum atomic E-state index is 10.6. The largest absolute Gasteiger partial charge is 0.313 e. The summed E-state index contributed by atoms with van der Waals surface area (Å²) in [5.74, 6) is 0. The van der Waals surface area contributed by atoms with Crippen molar-refractivity contribution in [1.29, 1.82) is 0 Å². The summed E-state index contributed by atoms with van der Waals surface area (Å²) in [5.41, 5.74) is 2.01. The van der Waals surface area contributed by atoms with Gasteiger partial charge in [-0.3, -0.25) is 10.1 Å². The summed E-state index contributed by atoms with van der Waals surface area (Å²) in [5, 5.41) is 13.9. The molecule has 0 amide bonds.